The number of nitrogens with two attached hydrogens (primary N) is 1. The molecular formula is C22H14ClN7O2S. The molecule has 0 fully saturated rings. The van der Waals surface area contributed by atoms with Crippen LogP contribution in [0.4, 0.5) is 17.6 Å². The zero-order chi connectivity index (χ0) is 23.6. The first-order valence-corrected chi connectivity index (χ1v) is 11.2. The lowest BCUT2D eigenvalue weighted by molar-refractivity contribution is 0.582. The molecular weight excluding hydrogens is 462 g/mol. The molecule has 0 radical (unpaired) electrons. The highest BCUT2D eigenvalue weighted by Gasteiger charge is 2.25. The van der Waals surface area contributed by atoms with E-state index in [0.717, 1.165) is 5.56 Å². The molecule has 0 bridgehead atoms. The predicted octanol–water partition coefficient (Wildman–Crippen LogP) is 4.06. The number of nitrogen functional groups attached to an aromatic ring is 1. The summed E-state index contributed by atoms with van der Waals surface area (Å²) in [6.07, 6.45) is 2.97. The Morgan fingerprint density at radius 3 is 2.67 bits per heavy atom. The Bertz CT molecular complexity index is 1610. The molecule has 0 saturated carbocycles. The van der Waals surface area contributed by atoms with Gasteiger partial charge in [-0.2, -0.15) is 23.9 Å². The Labute approximate surface area is 194 Å². The Kier molecular flexibility index (Phi) is 5.71. The molecule has 0 amide bonds. The van der Waals surface area contributed by atoms with Crippen molar-refractivity contribution in [2.45, 2.75) is 4.90 Å². The number of nitrogens with zero attached hydrogens (tertiary/aromatic N) is 5. The molecule has 0 saturated heterocycles. The molecule has 0 atom stereocenters. The molecule has 0 unspecified atom stereocenters. The lowest BCUT2D eigenvalue weighted by Gasteiger charge is -2.09. The average molecular weight is 476 g/mol. The lowest BCUT2D eigenvalue weighted by atomic mass is 10.1. The molecule has 4 aromatic rings. The topological polar surface area (TPSA) is 150 Å². The van der Waals surface area contributed by atoms with Crippen LogP contribution in [0.25, 0.3) is 16.8 Å². The molecule has 33 heavy (non-hydrogen) atoms. The van der Waals surface area contributed by atoms with Crippen LogP contribution in [0.5, 0.6) is 0 Å². The zero-order valence-corrected chi connectivity index (χ0v) is 18.3. The maximum Gasteiger partial charge on any atom is 0.286 e. The van der Waals surface area contributed by atoms with E-state index >= 15 is 0 Å². The first kappa shape index (κ1) is 21.8. The van der Waals surface area contributed by atoms with Crippen molar-refractivity contribution in [3.63, 3.8) is 0 Å². The van der Waals surface area contributed by atoms with Crippen LogP contribution in [0.1, 0.15) is 11.1 Å². The number of nitriles is 2. The number of allylic oxidation sites excluding steroid dienone is 1. The smallest absolute Gasteiger partial charge is 0.286 e. The molecule has 4 rings (SSSR count). The SMILES string of the molecule is N#C/C=C/c1ccc2c(S(=O)(=O)n3nc(Nc4ccc(C#N)c(Cl)c4)nc3N)cccc2c1. The monoisotopic (exact) mass is 475 g/mol. The summed E-state index contributed by atoms with van der Waals surface area (Å²) in [7, 11) is -4.18. The Balaban J connectivity index is 1.72. The summed E-state index contributed by atoms with van der Waals surface area (Å²) in [4.78, 5) is 3.99. The van der Waals surface area contributed by atoms with Crippen molar-refractivity contribution >= 4 is 56.1 Å². The largest absolute Gasteiger partial charge is 0.367 e. The number of fused-ring (bicyclic) bond motifs is 1. The van der Waals surface area contributed by atoms with Gasteiger partial charge in [-0.25, -0.2) is 0 Å². The van der Waals surface area contributed by atoms with Gasteiger partial charge in [-0.3, -0.25) is 0 Å². The van der Waals surface area contributed by atoms with Crippen LogP contribution >= 0.6 is 11.6 Å². The van der Waals surface area contributed by atoms with Crippen LogP contribution in [0.15, 0.2) is 65.6 Å². The van der Waals surface area contributed by atoms with Crippen molar-refractivity contribution < 1.29 is 8.42 Å². The molecule has 1 aromatic heterocycles. The highest BCUT2D eigenvalue weighted by molar-refractivity contribution is 7.90. The average Bonchev–Trinajstić information content (AvgIpc) is 3.17. The number of anilines is 3. The second-order valence-corrected chi connectivity index (χ2v) is 8.92. The Morgan fingerprint density at radius 2 is 1.94 bits per heavy atom. The van der Waals surface area contributed by atoms with Gasteiger partial charge in [0.25, 0.3) is 10.0 Å². The lowest BCUT2D eigenvalue weighted by Crippen LogP contribution is -2.17. The van der Waals surface area contributed by atoms with Gasteiger partial charge in [-0.15, -0.1) is 9.19 Å². The van der Waals surface area contributed by atoms with E-state index < -0.39 is 10.0 Å². The summed E-state index contributed by atoms with van der Waals surface area (Å²) in [5.41, 5.74) is 7.39. The maximum absolute atomic E-state index is 13.4. The van der Waals surface area contributed by atoms with Gasteiger partial charge in [0.05, 0.1) is 21.6 Å². The van der Waals surface area contributed by atoms with Crippen molar-refractivity contribution in [3.05, 3.63) is 76.8 Å². The molecule has 0 aliphatic carbocycles. The summed E-state index contributed by atoms with van der Waals surface area (Å²) in [6.45, 7) is 0. The molecule has 9 nitrogen and oxygen atoms in total. The van der Waals surface area contributed by atoms with Gasteiger partial charge in [0.1, 0.15) is 6.07 Å². The molecule has 11 heteroatoms. The van der Waals surface area contributed by atoms with Gasteiger partial charge >= 0.3 is 0 Å². The van der Waals surface area contributed by atoms with E-state index in [1.807, 2.05) is 12.1 Å². The molecule has 0 aliphatic heterocycles. The minimum absolute atomic E-state index is 0.000352. The van der Waals surface area contributed by atoms with Crippen LogP contribution in [-0.2, 0) is 10.0 Å². The standard InChI is InChI=1S/C22H14ClN7O2S/c23-19-12-17(8-7-16(19)13-25)27-22-28-21(26)30(29-22)33(31,32)20-5-1-4-15-11-14(3-2-10-24)6-9-18(15)20/h1-9,11-12H,(H3,26,27,28,29)/b3-2+. The highest BCUT2D eigenvalue weighted by Crippen LogP contribution is 2.28. The maximum atomic E-state index is 13.4. The van der Waals surface area contributed by atoms with E-state index in [1.54, 1.807) is 42.5 Å². The molecule has 3 N–H and O–H groups in total. The van der Waals surface area contributed by atoms with E-state index in [0.29, 0.717) is 26.1 Å². The molecule has 162 valence electrons. The second kappa shape index (κ2) is 8.63. The van der Waals surface area contributed by atoms with Gasteiger partial charge < -0.3 is 11.1 Å². The van der Waals surface area contributed by atoms with Crippen LogP contribution < -0.4 is 11.1 Å². The highest BCUT2D eigenvalue weighted by atomic mass is 35.5. The number of hydrogen-bond acceptors (Lipinski definition) is 8. The van der Waals surface area contributed by atoms with Crippen molar-refractivity contribution in [1.82, 2.24) is 14.2 Å². The van der Waals surface area contributed by atoms with Gasteiger partial charge in [-0.1, -0.05) is 35.9 Å². The van der Waals surface area contributed by atoms with Crippen molar-refractivity contribution in [2.24, 2.45) is 0 Å². The van der Waals surface area contributed by atoms with E-state index in [9.17, 15) is 8.42 Å². The molecule has 0 spiro atoms. The molecule has 3 aromatic carbocycles. The summed E-state index contributed by atoms with van der Waals surface area (Å²) < 4.78 is 27.4. The number of rotatable bonds is 5. The molecule has 1 heterocycles. The van der Waals surface area contributed by atoms with Gasteiger partial charge in [0, 0.05) is 17.1 Å². The van der Waals surface area contributed by atoms with Gasteiger partial charge in [-0.05, 0) is 47.4 Å². The van der Waals surface area contributed by atoms with Crippen LogP contribution in [0.2, 0.25) is 5.02 Å². The fraction of sp³-hybridized carbons (Fsp3) is 0. The Morgan fingerprint density at radius 1 is 1.12 bits per heavy atom. The fourth-order valence-electron chi connectivity index (χ4n) is 3.18. The van der Waals surface area contributed by atoms with E-state index in [1.165, 1.54) is 24.3 Å². The normalized spacial score (nSPS) is 11.4. The third-order valence-corrected chi connectivity index (χ3v) is 6.62. The van der Waals surface area contributed by atoms with Gasteiger partial charge in [0.15, 0.2) is 0 Å². The number of aromatic nitrogens is 3. The second-order valence-electron chi connectivity index (χ2n) is 6.77. The number of nitrogens with one attached hydrogen (secondary N) is 1. The van der Waals surface area contributed by atoms with E-state index in [4.69, 9.17) is 27.9 Å². The predicted molar refractivity (Wildman–Crippen MR) is 125 cm³/mol. The summed E-state index contributed by atoms with van der Waals surface area (Å²) in [5.74, 6) is -0.385. The summed E-state index contributed by atoms with van der Waals surface area (Å²) in [5, 5.41) is 25.9. The summed E-state index contributed by atoms with van der Waals surface area (Å²) in [6, 6.07) is 18.4. The molecule has 0 aliphatic rings. The fourth-order valence-corrected chi connectivity index (χ4v) is 4.78. The van der Waals surface area contributed by atoms with Crippen LogP contribution in [-0.4, -0.2) is 22.6 Å². The Hall–Kier alpha value is -4.38. The minimum Gasteiger partial charge on any atom is -0.367 e. The third-order valence-electron chi connectivity index (χ3n) is 4.67. The van der Waals surface area contributed by atoms with Crippen LogP contribution in [0.3, 0.4) is 0 Å². The third kappa shape index (κ3) is 4.21. The van der Waals surface area contributed by atoms with Gasteiger partial charge in [0.2, 0.25) is 11.9 Å². The van der Waals surface area contributed by atoms with Crippen molar-refractivity contribution in [2.75, 3.05) is 11.1 Å². The number of benzene rings is 3. The quantitative estimate of drug-likeness (QED) is 0.410. The van der Waals surface area contributed by atoms with Crippen molar-refractivity contribution in [3.8, 4) is 12.1 Å². The minimum atomic E-state index is -4.18. The number of hydrogen-bond donors (Lipinski definition) is 2. The number of halogens is 1. The van der Waals surface area contributed by atoms with Crippen LogP contribution in [0, 0.1) is 22.7 Å². The zero-order valence-electron chi connectivity index (χ0n) is 16.8. The first-order chi connectivity index (χ1) is 15.8. The first-order valence-electron chi connectivity index (χ1n) is 9.37. The van der Waals surface area contributed by atoms with Crippen molar-refractivity contribution in [1.29, 1.82) is 10.5 Å². The summed E-state index contributed by atoms with van der Waals surface area (Å²) >= 11 is 6.03. The van der Waals surface area contributed by atoms with E-state index in [-0.39, 0.29) is 21.8 Å². The van der Waals surface area contributed by atoms with E-state index in [2.05, 4.69) is 15.4 Å².